The van der Waals surface area contributed by atoms with E-state index >= 15 is 0 Å². The van der Waals surface area contributed by atoms with Gasteiger partial charge in [-0.2, -0.15) is 0 Å². The van der Waals surface area contributed by atoms with E-state index in [2.05, 4.69) is 10.6 Å². The highest BCUT2D eigenvalue weighted by Crippen LogP contribution is 2.28. The molecule has 0 fully saturated rings. The van der Waals surface area contributed by atoms with Crippen LogP contribution in [0.1, 0.15) is 23.7 Å². The van der Waals surface area contributed by atoms with E-state index in [9.17, 15) is 18.4 Å². The predicted molar refractivity (Wildman–Crippen MR) is 116 cm³/mol. The summed E-state index contributed by atoms with van der Waals surface area (Å²) in [5, 5.41) is 5.20. The number of thioether (sulfide) groups is 1. The van der Waals surface area contributed by atoms with Gasteiger partial charge in [-0.25, -0.2) is 8.78 Å². The molecule has 0 aliphatic heterocycles. The second-order valence-corrected chi connectivity index (χ2v) is 7.78. The van der Waals surface area contributed by atoms with E-state index < -0.39 is 5.82 Å². The van der Waals surface area contributed by atoms with Gasteiger partial charge in [0.2, 0.25) is 5.91 Å². The van der Waals surface area contributed by atoms with Gasteiger partial charge in [-0.1, -0.05) is 13.0 Å². The average Bonchev–Trinajstić information content (AvgIpc) is 2.74. The quantitative estimate of drug-likeness (QED) is 0.475. The number of carbonyl (C=O) groups excluding carboxylic acids is 2. The van der Waals surface area contributed by atoms with Gasteiger partial charge in [0.05, 0.1) is 5.25 Å². The molecule has 1 atom stereocenters. The number of carbonyl (C=O) groups is 2. The molecule has 0 aromatic heterocycles. The summed E-state index contributed by atoms with van der Waals surface area (Å²) in [4.78, 5) is 25.7. The molecule has 1 unspecified atom stereocenters. The van der Waals surface area contributed by atoms with Gasteiger partial charge >= 0.3 is 0 Å². The molecule has 2 N–H and O–H groups in total. The van der Waals surface area contributed by atoms with Crippen LogP contribution in [0.4, 0.5) is 20.2 Å². The lowest BCUT2D eigenvalue weighted by Crippen LogP contribution is -2.24. The van der Waals surface area contributed by atoms with Gasteiger partial charge in [-0.15, -0.1) is 11.8 Å². The number of rotatable bonds is 7. The molecule has 0 spiro atoms. The van der Waals surface area contributed by atoms with Crippen molar-refractivity contribution in [2.45, 2.75) is 23.5 Å². The SMILES string of the molecule is CCC(Sc1cccc(NC(=O)c2ccc(F)cc2)c1)C(=O)Nc1ccc(F)cc1. The summed E-state index contributed by atoms with van der Waals surface area (Å²) in [6, 6.07) is 18.0. The van der Waals surface area contributed by atoms with Crippen molar-refractivity contribution in [2.24, 2.45) is 0 Å². The minimum absolute atomic E-state index is 0.185. The number of nitrogens with one attached hydrogen (secondary N) is 2. The van der Waals surface area contributed by atoms with Crippen LogP contribution in [-0.2, 0) is 4.79 Å². The van der Waals surface area contributed by atoms with Crippen LogP contribution in [0, 0.1) is 11.6 Å². The molecule has 3 aromatic carbocycles. The van der Waals surface area contributed by atoms with Gasteiger partial charge in [0.15, 0.2) is 0 Å². The van der Waals surface area contributed by atoms with Crippen molar-refractivity contribution >= 4 is 35.0 Å². The first-order chi connectivity index (χ1) is 14.4. The maximum atomic E-state index is 13.0. The Balaban J connectivity index is 1.65. The highest BCUT2D eigenvalue weighted by atomic mass is 32.2. The van der Waals surface area contributed by atoms with Gasteiger partial charge in [-0.3, -0.25) is 9.59 Å². The zero-order valence-corrected chi connectivity index (χ0v) is 17.0. The van der Waals surface area contributed by atoms with Gasteiger partial charge in [0, 0.05) is 21.8 Å². The molecule has 0 aliphatic carbocycles. The molecule has 2 amide bonds. The van der Waals surface area contributed by atoms with Crippen LogP contribution < -0.4 is 10.6 Å². The lowest BCUT2D eigenvalue weighted by molar-refractivity contribution is -0.115. The van der Waals surface area contributed by atoms with E-state index in [0.29, 0.717) is 23.4 Å². The van der Waals surface area contributed by atoms with Crippen LogP contribution in [0.5, 0.6) is 0 Å². The fourth-order valence-corrected chi connectivity index (χ4v) is 3.71. The Morgan fingerprint density at radius 1 is 0.867 bits per heavy atom. The van der Waals surface area contributed by atoms with Crippen LogP contribution in [-0.4, -0.2) is 17.1 Å². The van der Waals surface area contributed by atoms with Crippen LogP contribution in [0.15, 0.2) is 77.7 Å². The topological polar surface area (TPSA) is 58.2 Å². The number of anilines is 2. The number of hydrogen-bond donors (Lipinski definition) is 2. The molecule has 0 bridgehead atoms. The molecular weight excluding hydrogens is 406 g/mol. The Kier molecular flexibility index (Phi) is 7.19. The van der Waals surface area contributed by atoms with Crippen molar-refractivity contribution in [3.63, 3.8) is 0 Å². The summed E-state index contributed by atoms with van der Waals surface area (Å²) in [5.41, 5.74) is 1.45. The smallest absolute Gasteiger partial charge is 0.255 e. The highest BCUT2D eigenvalue weighted by molar-refractivity contribution is 8.00. The maximum absolute atomic E-state index is 13.0. The van der Waals surface area contributed by atoms with E-state index in [4.69, 9.17) is 0 Å². The Bertz CT molecular complexity index is 1020. The third kappa shape index (κ3) is 5.90. The highest BCUT2D eigenvalue weighted by Gasteiger charge is 2.18. The second-order valence-electron chi connectivity index (χ2n) is 6.50. The Hall–Kier alpha value is -3.19. The normalized spacial score (nSPS) is 11.6. The maximum Gasteiger partial charge on any atom is 0.255 e. The minimum Gasteiger partial charge on any atom is -0.325 e. The Labute approximate surface area is 177 Å². The van der Waals surface area contributed by atoms with Crippen molar-refractivity contribution in [2.75, 3.05) is 10.6 Å². The molecule has 0 radical (unpaired) electrons. The number of amides is 2. The molecule has 4 nitrogen and oxygen atoms in total. The zero-order chi connectivity index (χ0) is 21.5. The van der Waals surface area contributed by atoms with Crippen molar-refractivity contribution in [1.82, 2.24) is 0 Å². The van der Waals surface area contributed by atoms with Crippen molar-refractivity contribution < 1.29 is 18.4 Å². The van der Waals surface area contributed by atoms with Crippen LogP contribution in [0.25, 0.3) is 0 Å². The lowest BCUT2D eigenvalue weighted by atomic mass is 10.2. The van der Waals surface area contributed by atoms with Crippen molar-refractivity contribution in [1.29, 1.82) is 0 Å². The van der Waals surface area contributed by atoms with Gasteiger partial charge in [-0.05, 0) is 73.2 Å². The molecule has 3 aromatic rings. The fourth-order valence-electron chi connectivity index (χ4n) is 2.69. The molecule has 0 saturated carbocycles. The molecule has 3 rings (SSSR count). The average molecular weight is 426 g/mol. The van der Waals surface area contributed by atoms with E-state index in [0.717, 1.165) is 4.90 Å². The summed E-state index contributed by atoms with van der Waals surface area (Å²) in [6.07, 6.45) is 0.587. The Morgan fingerprint density at radius 2 is 1.50 bits per heavy atom. The monoisotopic (exact) mass is 426 g/mol. The third-order valence-electron chi connectivity index (χ3n) is 4.25. The van der Waals surface area contributed by atoms with E-state index in [1.165, 1.54) is 60.3 Å². The molecule has 30 heavy (non-hydrogen) atoms. The molecular formula is C23H20F2N2O2S. The summed E-state index contributed by atoms with van der Waals surface area (Å²) in [5.74, 6) is -1.31. The van der Waals surface area contributed by atoms with Crippen LogP contribution in [0.2, 0.25) is 0 Å². The van der Waals surface area contributed by atoms with Crippen molar-refractivity contribution in [3.8, 4) is 0 Å². The number of benzene rings is 3. The summed E-state index contributed by atoms with van der Waals surface area (Å²) in [7, 11) is 0. The molecule has 0 heterocycles. The molecule has 0 saturated heterocycles. The summed E-state index contributed by atoms with van der Waals surface area (Å²) >= 11 is 1.37. The fraction of sp³-hybridized carbons (Fsp3) is 0.130. The van der Waals surface area contributed by atoms with E-state index in [1.54, 1.807) is 18.2 Å². The zero-order valence-electron chi connectivity index (χ0n) is 16.2. The van der Waals surface area contributed by atoms with E-state index in [-0.39, 0.29) is 22.9 Å². The molecule has 0 aliphatic rings. The van der Waals surface area contributed by atoms with Gasteiger partial charge in [0.1, 0.15) is 11.6 Å². The standard InChI is InChI=1S/C23H20F2N2O2S/c1-2-21(23(29)26-18-12-10-17(25)11-13-18)30-20-5-3-4-19(14-20)27-22(28)15-6-8-16(24)9-7-15/h3-14,21H,2H2,1H3,(H,26,29)(H,27,28). The van der Waals surface area contributed by atoms with Crippen LogP contribution in [0.3, 0.4) is 0 Å². The lowest BCUT2D eigenvalue weighted by Gasteiger charge is -2.15. The number of hydrogen-bond acceptors (Lipinski definition) is 3. The third-order valence-corrected chi connectivity index (χ3v) is 5.61. The second kappa shape index (κ2) is 10.0. The van der Waals surface area contributed by atoms with Crippen LogP contribution >= 0.6 is 11.8 Å². The first kappa shape index (κ1) is 21.5. The first-order valence-electron chi connectivity index (χ1n) is 9.34. The first-order valence-corrected chi connectivity index (χ1v) is 10.2. The molecule has 7 heteroatoms. The predicted octanol–water partition coefficient (Wildman–Crippen LogP) is 5.73. The number of halogens is 2. The van der Waals surface area contributed by atoms with Gasteiger partial charge < -0.3 is 10.6 Å². The summed E-state index contributed by atoms with van der Waals surface area (Å²) in [6.45, 7) is 1.90. The minimum atomic E-state index is -0.408. The van der Waals surface area contributed by atoms with E-state index in [1.807, 2.05) is 13.0 Å². The molecule has 154 valence electrons. The van der Waals surface area contributed by atoms with Gasteiger partial charge in [0.25, 0.3) is 5.91 Å². The summed E-state index contributed by atoms with van der Waals surface area (Å²) < 4.78 is 26.0. The Morgan fingerprint density at radius 3 is 2.13 bits per heavy atom. The van der Waals surface area contributed by atoms with Crippen molar-refractivity contribution in [3.05, 3.63) is 90.0 Å². The largest absolute Gasteiger partial charge is 0.325 e.